The zero-order chi connectivity index (χ0) is 26.7. The number of rotatable bonds is 8. The largest absolute Gasteiger partial charge is 0.402 e. The summed E-state index contributed by atoms with van der Waals surface area (Å²) < 4.78 is 52.6. The number of aromatic nitrogens is 3. The number of anilines is 4. The zero-order valence-electron chi connectivity index (χ0n) is 20.4. The smallest absolute Gasteiger partial charge is 0.350 e. The summed E-state index contributed by atoms with van der Waals surface area (Å²) >= 11 is 1.50. The van der Waals surface area contributed by atoms with Crippen LogP contribution in [0.1, 0.15) is 17.8 Å². The van der Waals surface area contributed by atoms with E-state index >= 15 is 0 Å². The van der Waals surface area contributed by atoms with Crippen LogP contribution in [0.5, 0.6) is 0 Å². The number of hydrogen-bond acceptors (Lipinski definition) is 8. The number of thiazole rings is 1. The van der Waals surface area contributed by atoms with Gasteiger partial charge in [0.2, 0.25) is 5.95 Å². The molecule has 2 aromatic carbocycles. The normalized spacial score (nSPS) is 16.8. The Kier molecular flexibility index (Phi) is 7.77. The molecule has 4 N–H and O–H groups in total. The second-order valence-electron chi connectivity index (χ2n) is 8.90. The van der Waals surface area contributed by atoms with E-state index in [9.17, 15) is 17.4 Å². The van der Waals surface area contributed by atoms with E-state index in [1.807, 2.05) is 25.1 Å². The molecule has 0 saturated carbocycles. The van der Waals surface area contributed by atoms with Crippen LogP contribution in [0.15, 0.2) is 48.7 Å². The molecule has 0 bridgehead atoms. The Morgan fingerprint density at radius 2 is 1.87 bits per heavy atom. The molecule has 13 heteroatoms. The Morgan fingerprint density at radius 3 is 2.61 bits per heavy atom. The van der Waals surface area contributed by atoms with Crippen molar-refractivity contribution in [2.45, 2.75) is 32.0 Å². The van der Waals surface area contributed by atoms with Crippen LogP contribution in [0.2, 0.25) is 0 Å². The number of nitrogens with zero attached hydrogens (tertiary/aromatic N) is 3. The van der Waals surface area contributed by atoms with Gasteiger partial charge in [0.05, 0.1) is 21.3 Å². The van der Waals surface area contributed by atoms with E-state index in [1.54, 1.807) is 30.5 Å². The van der Waals surface area contributed by atoms with Crippen molar-refractivity contribution in [3.8, 4) is 10.6 Å². The minimum Gasteiger partial charge on any atom is -0.350 e. The molecule has 3 heterocycles. The summed E-state index contributed by atoms with van der Waals surface area (Å²) in [7, 11) is -2.30. The quantitative estimate of drug-likeness (QED) is 0.222. The van der Waals surface area contributed by atoms with Crippen LogP contribution >= 0.6 is 11.3 Å². The van der Waals surface area contributed by atoms with Crippen LogP contribution in [0.3, 0.4) is 0 Å². The Labute approximate surface area is 224 Å². The molecule has 1 saturated heterocycles. The van der Waals surface area contributed by atoms with Gasteiger partial charge in [-0.15, -0.1) is 11.3 Å². The predicted octanol–water partition coefficient (Wildman–Crippen LogP) is 5.61. The minimum absolute atomic E-state index is 0.267. The van der Waals surface area contributed by atoms with Gasteiger partial charge in [-0.2, -0.15) is 13.2 Å². The van der Waals surface area contributed by atoms with Gasteiger partial charge in [0.1, 0.15) is 16.7 Å². The van der Waals surface area contributed by atoms with Crippen LogP contribution in [0.4, 0.5) is 36.3 Å². The van der Waals surface area contributed by atoms with Crippen molar-refractivity contribution in [2.75, 3.05) is 34.2 Å². The van der Waals surface area contributed by atoms with Gasteiger partial charge < -0.3 is 20.7 Å². The number of nitrogens with one attached hydrogen (secondary N) is 4. The first-order valence-electron chi connectivity index (χ1n) is 12.0. The van der Waals surface area contributed by atoms with Crippen molar-refractivity contribution in [1.82, 2.24) is 20.3 Å². The molecular formula is C25H26F3N7OS2. The third-order valence-corrected chi connectivity index (χ3v) is 7.98. The predicted molar refractivity (Wildman–Crippen MR) is 147 cm³/mol. The van der Waals surface area contributed by atoms with Crippen molar-refractivity contribution in [2.24, 2.45) is 0 Å². The molecule has 0 spiro atoms. The lowest BCUT2D eigenvalue weighted by Crippen LogP contribution is -2.38. The van der Waals surface area contributed by atoms with Gasteiger partial charge in [0.25, 0.3) is 0 Å². The van der Waals surface area contributed by atoms with E-state index in [1.165, 1.54) is 11.3 Å². The molecule has 4 aromatic rings. The Bertz CT molecular complexity index is 1450. The van der Waals surface area contributed by atoms with E-state index in [4.69, 9.17) is 4.98 Å². The lowest BCUT2D eigenvalue weighted by molar-refractivity contribution is -0.105. The number of alkyl halides is 3. The first-order chi connectivity index (χ1) is 18.2. The SMILES string of the molecule is Cc1nc(Nc2ccc(NS(=O)CC(F)(F)F)c3ccccc23)c(-c2ccnc(NC3CCCNC3)n2)s1. The molecule has 5 rings (SSSR count). The number of benzene rings is 2. The summed E-state index contributed by atoms with van der Waals surface area (Å²) in [6, 6.07) is 12.7. The van der Waals surface area contributed by atoms with E-state index in [-0.39, 0.29) is 6.04 Å². The fraction of sp³-hybridized carbons (Fsp3) is 0.320. The molecule has 0 aliphatic carbocycles. The zero-order valence-corrected chi connectivity index (χ0v) is 22.1. The molecule has 1 aliphatic rings. The molecule has 200 valence electrons. The highest BCUT2D eigenvalue weighted by molar-refractivity contribution is 7.86. The van der Waals surface area contributed by atoms with Gasteiger partial charge in [0, 0.05) is 35.2 Å². The van der Waals surface area contributed by atoms with Gasteiger partial charge in [-0.3, -0.25) is 0 Å². The minimum atomic E-state index is -4.53. The second-order valence-corrected chi connectivity index (χ2v) is 11.3. The molecule has 0 radical (unpaired) electrons. The third kappa shape index (κ3) is 6.40. The summed E-state index contributed by atoms with van der Waals surface area (Å²) in [5, 5.41) is 12.4. The number of fused-ring (bicyclic) bond motifs is 1. The van der Waals surface area contributed by atoms with Crippen LogP contribution in [-0.2, 0) is 11.0 Å². The summed E-state index contributed by atoms with van der Waals surface area (Å²) in [5.41, 5.74) is 1.79. The molecule has 8 nitrogen and oxygen atoms in total. The van der Waals surface area contributed by atoms with Gasteiger partial charge in [0.15, 0.2) is 5.82 Å². The molecule has 1 fully saturated rings. The van der Waals surface area contributed by atoms with Gasteiger partial charge in [-0.05, 0) is 44.5 Å². The van der Waals surface area contributed by atoms with E-state index in [0.29, 0.717) is 28.5 Å². The average molecular weight is 562 g/mol. The Morgan fingerprint density at radius 1 is 1.11 bits per heavy atom. The topological polar surface area (TPSA) is 104 Å². The van der Waals surface area contributed by atoms with E-state index < -0.39 is 22.9 Å². The van der Waals surface area contributed by atoms with Crippen molar-refractivity contribution >= 4 is 56.2 Å². The fourth-order valence-corrected chi connectivity index (χ4v) is 5.97. The highest BCUT2D eigenvalue weighted by Gasteiger charge is 2.31. The number of hydrogen-bond donors (Lipinski definition) is 4. The summed E-state index contributed by atoms with van der Waals surface area (Å²) in [4.78, 5) is 14.6. The number of halogens is 3. The number of aryl methyl sites for hydroxylation is 1. The lowest BCUT2D eigenvalue weighted by atomic mass is 10.1. The highest BCUT2D eigenvalue weighted by atomic mass is 32.2. The first kappa shape index (κ1) is 26.3. The molecule has 2 unspecified atom stereocenters. The molecule has 1 aliphatic heterocycles. The van der Waals surface area contributed by atoms with E-state index in [0.717, 1.165) is 46.9 Å². The van der Waals surface area contributed by atoms with Crippen LogP contribution in [0.25, 0.3) is 21.3 Å². The summed E-state index contributed by atoms with van der Waals surface area (Å²) in [6.07, 6.45) is -0.664. The molecule has 2 aromatic heterocycles. The first-order valence-corrected chi connectivity index (χ1v) is 14.2. The molecular weight excluding hydrogens is 535 g/mol. The lowest BCUT2D eigenvalue weighted by Gasteiger charge is -2.23. The molecule has 38 heavy (non-hydrogen) atoms. The monoisotopic (exact) mass is 561 g/mol. The van der Waals surface area contributed by atoms with Crippen LogP contribution in [0, 0.1) is 6.92 Å². The van der Waals surface area contributed by atoms with Crippen molar-refractivity contribution in [1.29, 1.82) is 0 Å². The maximum Gasteiger partial charge on any atom is 0.402 e. The van der Waals surface area contributed by atoms with Crippen molar-refractivity contribution in [3.63, 3.8) is 0 Å². The van der Waals surface area contributed by atoms with Gasteiger partial charge in [-0.25, -0.2) is 19.2 Å². The third-order valence-electron chi connectivity index (χ3n) is 5.95. The van der Waals surface area contributed by atoms with Crippen molar-refractivity contribution in [3.05, 3.63) is 53.7 Å². The number of piperidine rings is 1. The van der Waals surface area contributed by atoms with Crippen LogP contribution < -0.4 is 20.7 Å². The maximum atomic E-state index is 12.7. The fourth-order valence-electron chi connectivity index (χ4n) is 4.33. The average Bonchev–Trinajstić information content (AvgIpc) is 3.25. The molecule has 0 amide bonds. The Hall–Kier alpha value is -3.29. The van der Waals surface area contributed by atoms with Gasteiger partial charge >= 0.3 is 6.18 Å². The Balaban J connectivity index is 1.42. The maximum absolute atomic E-state index is 12.7. The summed E-state index contributed by atoms with van der Waals surface area (Å²) in [6.45, 7) is 3.79. The molecule has 2 atom stereocenters. The van der Waals surface area contributed by atoms with Gasteiger partial charge in [-0.1, -0.05) is 24.3 Å². The van der Waals surface area contributed by atoms with Crippen LogP contribution in [-0.4, -0.2) is 50.2 Å². The summed E-state index contributed by atoms with van der Waals surface area (Å²) in [5.74, 6) is -0.264. The van der Waals surface area contributed by atoms with E-state index in [2.05, 4.69) is 30.6 Å². The van der Waals surface area contributed by atoms with Crippen molar-refractivity contribution < 1.29 is 17.4 Å². The highest BCUT2D eigenvalue weighted by Crippen LogP contribution is 2.38. The standard InChI is InChI=1S/C25H26F3N7OS2/c1-15-31-23(22(37-15)21-10-12-30-24(34-21)32-16-5-4-11-29-13-16)33-19-8-9-20(18-7-3-2-6-17(18)19)35-38(36)14-25(26,27)28/h2-3,6-10,12,16,29,33,35H,4-5,11,13-14H2,1H3,(H,30,32,34). The second kappa shape index (κ2) is 11.2.